The van der Waals surface area contributed by atoms with E-state index in [4.69, 9.17) is 4.98 Å². The third-order valence-electron chi connectivity index (χ3n) is 5.83. The van der Waals surface area contributed by atoms with Crippen molar-refractivity contribution in [3.05, 3.63) is 71.2 Å². The van der Waals surface area contributed by atoms with Gasteiger partial charge in [-0.25, -0.2) is 22.8 Å². The topological polar surface area (TPSA) is 66.4 Å². The monoisotopic (exact) mass is 454 g/mol. The van der Waals surface area contributed by atoms with Crippen LogP contribution in [0.1, 0.15) is 23.7 Å². The molecular formula is C24H27FN4O2S. The third-order valence-corrected chi connectivity index (χ3v) is 7.74. The summed E-state index contributed by atoms with van der Waals surface area (Å²) in [5, 5.41) is 0. The minimum atomic E-state index is -3.53. The van der Waals surface area contributed by atoms with Crippen molar-refractivity contribution in [2.45, 2.75) is 32.1 Å². The molecule has 168 valence electrons. The van der Waals surface area contributed by atoms with Crippen molar-refractivity contribution in [1.29, 1.82) is 0 Å². The number of sulfonamides is 1. The van der Waals surface area contributed by atoms with Crippen LogP contribution in [0.3, 0.4) is 0 Å². The van der Waals surface area contributed by atoms with E-state index in [1.165, 1.54) is 16.4 Å². The molecule has 4 rings (SSSR count). The second-order valence-electron chi connectivity index (χ2n) is 8.00. The molecule has 1 aromatic heterocycles. The van der Waals surface area contributed by atoms with Gasteiger partial charge in [0.05, 0.1) is 4.90 Å². The number of halogens is 1. The molecule has 0 spiro atoms. The van der Waals surface area contributed by atoms with E-state index < -0.39 is 10.0 Å². The van der Waals surface area contributed by atoms with Crippen molar-refractivity contribution in [1.82, 2.24) is 14.3 Å². The lowest BCUT2D eigenvalue weighted by Crippen LogP contribution is -2.49. The summed E-state index contributed by atoms with van der Waals surface area (Å²) in [6.45, 7) is 7.71. The number of nitrogens with zero attached hydrogens (tertiary/aromatic N) is 4. The molecule has 0 N–H and O–H groups in total. The molecule has 0 aliphatic carbocycles. The zero-order valence-electron chi connectivity index (χ0n) is 18.5. The fraction of sp³-hybridized carbons (Fsp3) is 0.333. The number of rotatable bonds is 5. The van der Waals surface area contributed by atoms with E-state index in [1.807, 2.05) is 26.0 Å². The molecule has 6 nitrogen and oxygen atoms in total. The maximum atomic E-state index is 13.7. The number of hydrogen-bond donors (Lipinski definition) is 0. The average Bonchev–Trinajstić information content (AvgIpc) is 2.79. The van der Waals surface area contributed by atoms with Crippen LogP contribution in [0.15, 0.2) is 53.4 Å². The largest absolute Gasteiger partial charge is 0.354 e. The van der Waals surface area contributed by atoms with Crippen LogP contribution in [0.2, 0.25) is 0 Å². The Kier molecular flexibility index (Phi) is 6.26. The molecule has 1 aliphatic rings. The molecular weight excluding hydrogens is 427 g/mol. The maximum Gasteiger partial charge on any atom is 0.243 e. The van der Waals surface area contributed by atoms with Gasteiger partial charge in [0, 0.05) is 43.0 Å². The molecule has 0 amide bonds. The lowest BCUT2D eigenvalue weighted by molar-refractivity contribution is 0.383. The Morgan fingerprint density at radius 3 is 2.28 bits per heavy atom. The summed E-state index contributed by atoms with van der Waals surface area (Å²) >= 11 is 0. The Labute approximate surface area is 188 Å². The van der Waals surface area contributed by atoms with Gasteiger partial charge >= 0.3 is 0 Å². The van der Waals surface area contributed by atoms with Gasteiger partial charge in [0.15, 0.2) is 5.82 Å². The summed E-state index contributed by atoms with van der Waals surface area (Å²) in [6, 6.07) is 13.2. The highest BCUT2D eigenvalue weighted by Crippen LogP contribution is 2.28. The molecule has 0 saturated carbocycles. The molecule has 32 heavy (non-hydrogen) atoms. The van der Waals surface area contributed by atoms with Crippen molar-refractivity contribution in [3.8, 4) is 11.4 Å². The second-order valence-corrected chi connectivity index (χ2v) is 9.94. The Morgan fingerprint density at radius 1 is 0.969 bits per heavy atom. The Balaban J connectivity index is 1.59. The molecule has 0 radical (unpaired) electrons. The van der Waals surface area contributed by atoms with Gasteiger partial charge in [0.2, 0.25) is 10.0 Å². The molecule has 0 bridgehead atoms. The van der Waals surface area contributed by atoms with Crippen LogP contribution >= 0.6 is 0 Å². The molecule has 0 atom stereocenters. The summed E-state index contributed by atoms with van der Waals surface area (Å²) in [6.07, 6.45) is 0.756. The van der Waals surface area contributed by atoms with Gasteiger partial charge in [0.1, 0.15) is 11.6 Å². The number of benzene rings is 2. The molecule has 1 saturated heterocycles. The summed E-state index contributed by atoms with van der Waals surface area (Å²) in [5.74, 6) is 0.940. The first-order chi connectivity index (χ1) is 15.3. The van der Waals surface area contributed by atoms with Crippen molar-refractivity contribution in [3.63, 3.8) is 0 Å². The van der Waals surface area contributed by atoms with E-state index in [2.05, 4.69) is 16.8 Å². The molecule has 0 unspecified atom stereocenters. The van der Waals surface area contributed by atoms with Gasteiger partial charge in [-0.1, -0.05) is 36.8 Å². The molecule has 1 aliphatic heterocycles. The van der Waals surface area contributed by atoms with E-state index in [0.29, 0.717) is 42.5 Å². The van der Waals surface area contributed by atoms with Crippen molar-refractivity contribution < 1.29 is 12.8 Å². The molecule has 1 fully saturated rings. The van der Waals surface area contributed by atoms with E-state index in [0.717, 1.165) is 29.1 Å². The zero-order valence-corrected chi connectivity index (χ0v) is 19.4. The lowest BCUT2D eigenvalue weighted by atomic mass is 10.1. The summed E-state index contributed by atoms with van der Waals surface area (Å²) in [4.78, 5) is 11.8. The fourth-order valence-electron chi connectivity index (χ4n) is 4.01. The normalized spacial score (nSPS) is 15.2. The van der Waals surface area contributed by atoms with E-state index in [9.17, 15) is 12.8 Å². The van der Waals surface area contributed by atoms with Crippen LogP contribution in [0.25, 0.3) is 11.4 Å². The SMILES string of the molecule is CCc1c(C)nc(-c2cccc(F)c2)nc1N1CCN(S(=O)(=O)c2ccc(C)cc2)CC1. The minimum Gasteiger partial charge on any atom is -0.354 e. The Hall–Kier alpha value is -2.84. The molecule has 3 aromatic rings. The predicted octanol–water partition coefficient (Wildman–Crippen LogP) is 3.97. The van der Waals surface area contributed by atoms with Gasteiger partial charge in [-0.15, -0.1) is 0 Å². The second kappa shape index (κ2) is 8.96. The third kappa shape index (κ3) is 4.38. The Morgan fingerprint density at radius 2 is 1.66 bits per heavy atom. The number of aryl methyl sites for hydroxylation is 2. The fourth-order valence-corrected chi connectivity index (χ4v) is 5.43. The van der Waals surface area contributed by atoms with E-state index >= 15 is 0 Å². The highest BCUT2D eigenvalue weighted by Gasteiger charge is 2.30. The van der Waals surface area contributed by atoms with E-state index in [-0.39, 0.29) is 5.82 Å². The summed E-state index contributed by atoms with van der Waals surface area (Å²) in [5.41, 5.74) is 3.53. The first kappa shape index (κ1) is 22.4. The minimum absolute atomic E-state index is 0.317. The van der Waals surface area contributed by atoms with Crippen LogP contribution in [0.5, 0.6) is 0 Å². The predicted molar refractivity (Wildman–Crippen MR) is 124 cm³/mol. The Bertz CT molecular complexity index is 1220. The number of piperazine rings is 1. The molecule has 2 heterocycles. The van der Waals surface area contributed by atoms with Crippen LogP contribution < -0.4 is 4.90 Å². The number of aromatic nitrogens is 2. The van der Waals surface area contributed by atoms with Gasteiger partial charge in [-0.2, -0.15) is 4.31 Å². The smallest absolute Gasteiger partial charge is 0.243 e. The van der Waals surface area contributed by atoms with Crippen LogP contribution in [0, 0.1) is 19.7 Å². The summed E-state index contributed by atoms with van der Waals surface area (Å²) < 4.78 is 41.3. The molecule has 2 aromatic carbocycles. The maximum absolute atomic E-state index is 13.7. The standard InChI is InChI=1S/C24H27FN4O2S/c1-4-22-18(3)26-23(19-6-5-7-20(25)16-19)27-24(22)28-12-14-29(15-13-28)32(30,31)21-10-8-17(2)9-11-21/h5-11,16H,4,12-15H2,1-3H3. The van der Waals surface area contributed by atoms with Crippen LogP contribution in [0.4, 0.5) is 10.2 Å². The highest BCUT2D eigenvalue weighted by atomic mass is 32.2. The molecule has 8 heteroatoms. The number of hydrogen-bond acceptors (Lipinski definition) is 5. The van der Waals surface area contributed by atoms with Gasteiger partial charge in [-0.3, -0.25) is 0 Å². The lowest BCUT2D eigenvalue weighted by Gasteiger charge is -2.35. The van der Waals surface area contributed by atoms with Crippen molar-refractivity contribution in [2.75, 3.05) is 31.1 Å². The highest BCUT2D eigenvalue weighted by molar-refractivity contribution is 7.89. The quantitative estimate of drug-likeness (QED) is 0.584. The average molecular weight is 455 g/mol. The van der Waals surface area contributed by atoms with Gasteiger partial charge in [-0.05, 0) is 44.5 Å². The zero-order chi connectivity index (χ0) is 22.9. The van der Waals surface area contributed by atoms with Crippen LogP contribution in [-0.2, 0) is 16.4 Å². The number of anilines is 1. The first-order valence-electron chi connectivity index (χ1n) is 10.7. The first-order valence-corrected chi connectivity index (χ1v) is 12.2. The van der Waals surface area contributed by atoms with Gasteiger partial charge in [0.25, 0.3) is 0 Å². The van der Waals surface area contributed by atoms with E-state index in [1.54, 1.807) is 24.3 Å². The summed E-state index contributed by atoms with van der Waals surface area (Å²) in [7, 11) is -3.53. The van der Waals surface area contributed by atoms with Gasteiger partial charge < -0.3 is 4.90 Å². The van der Waals surface area contributed by atoms with Crippen LogP contribution in [-0.4, -0.2) is 48.9 Å². The van der Waals surface area contributed by atoms with Crippen molar-refractivity contribution >= 4 is 15.8 Å². The van der Waals surface area contributed by atoms with Crippen molar-refractivity contribution in [2.24, 2.45) is 0 Å².